The van der Waals surface area contributed by atoms with Crippen molar-refractivity contribution in [1.29, 1.82) is 0 Å². The summed E-state index contributed by atoms with van der Waals surface area (Å²) in [6.45, 7) is 4.67. The molecule has 0 spiro atoms. The first-order valence-electron chi connectivity index (χ1n) is 6.59. The van der Waals surface area contributed by atoms with Gasteiger partial charge in [0, 0.05) is 18.3 Å². The van der Waals surface area contributed by atoms with Crippen molar-refractivity contribution < 1.29 is 0 Å². The van der Waals surface area contributed by atoms with Crippen molar-refractivity contribution in [2.24, 2.45) is 11.8 Å². The predicted molar refractivity (Wildman–Crippen MR) is 66.2 cm³/mol. The van der Waals surface area contributed by atoms with Gasteiger partial charge in [0.2, 0.25) is 0 Å². The fourth-order valence-corrected chi connectivity index (χ4v) is 2.97. The summed E-state index contributed by atoms with van der Waals surface area (Å²) in [5, 5.41) is 0. The largest absolute Gasteiger partial charge is 0.241 e. The van der Waals surface area contributed by atoms with Gasteiger partial charge in [-0.1, -0.05) is 33.1 Å². The van der Waals surface area contributed by atoms with E-state index >= 15 is 0 Å². The van der Waals surface area contributed by atoms with Crippen LogP contribution in [0.5, 0.6) is 0 Å². The minimum Gasteiger partial charge on any atom is -0.241 e. The molecule has 0 saturated heterocycles. The Balaban J connectivity index is 2.16. The highest BCUT2D eigenvalue weighted by Crippen LogP contribution is 2.41. The van der Waals surface area contributed by atoms with Gasteiger partial charge < -0.3 is 0 Å². The summed E-state index contributed by atoms with van der Waals surface area (Å²) in [5.74, 6) is 3.27. The van der Waals surface area contributed by atoms with Gasteiger partial charge in [-0.25, -0.2) is 9.97 Å². The van der Waals surface area contributed by atoms with E-state index in [1.54, 1.807) is 0 Å². The Bertz CT molecular complexity index is 310. The van der Waals surface area contributed by atoms with Crippen LogP contribution in [0.25, 0.3) is 0 Å². The Morgan fingerprint density at radius 1 is 1.25 bits per heavy atom. The molecule has 2 nitrogen and oxygen atoms in total. The fraction of sp³-hybridized carbons (Fsp3) is 0.714. The minimum atomic E-state index is 0.602. The van der Waals surface area contributed by atoms with E-state index in [1.165, 1.54) is 32.1 Å². The van der Waals surface area contributed by atoms with Crippen LogP contribution in [0.15, 0.2) is 18.5 Å². The monoisotopic (exact) mass is 218 g/mol. The zero-order valence-electron chi connectivity index (χ0n) is 10.4. The second-order valence-corrected chi connectivity index (χ2v) is 5.05. The smallest absolute Gasteiger partial charge is 0.131 e. The lowest BCUT2D eigenvalue weighted by Gasteiger charge is -2.34. The van der Waals surface area contributed by atoms with Crippen LogP contribution in [-0.4, -0.2) is 9.97 Å². The second kappa shape index (κ2) is 5.42. The Hall–Kier alpha value is -0.920. The number of hydrogen-bond acceptors (Lipinski definition) is 2. The molecule has 0 amide bonds. The molecule has 0 N–H and O–H groups in total. The fourth-order valence-electron chi connectivity index (χ4n) is 2.97. The summed E-state index contributed by atoms with van der Waals surface area (Å²) < 4.78 is 0. The Morgan fingerprint density at radius 3 is 2.62 bits per heavy atom. The van der Waals surface area contributed by atoms with Gasteiger partial charge in [-0.05, 0) is 30.7 Å². The Labute approximate surface area is 98.5 Å². The minimum absolute atomic E-state index is 0.602. The van der Waals surface area contributed by atoms with Crippen molar-refractivity contribution in [3.63, 3.8) is 0 Å². The molecule has 16 heavy (non-hydrogen) atoms. The standard InChI is InChI=1S/C14H22N2/c1-3-11(2)12-7-4-5-8-13(12)14-15-9-6-10-16-14/h6,9-13H,3-5,7-8H2,1-2H3. The molecule has 0 radical (unpaired) electrons. The van der Waals surface area contributed by atoms with Crippen LogP contribution >= 0.6 is 0 Å². The summed E-state index contributed by atoms with van der Waals surface area (Å²) in [5.41, 5.74) is 0. The van der Waals surface area contributed by atoms with E-state index in [0.717, 1.165) is 17.7 Å². The van der Waals surface area contributed by atoms with Crippen molar-refractivity contribution in [1.82, 2.24) is 9.97 Å². The maximum Gasteiger partial charge on any atom is 0.131 e. The molecular weight excluding hydrogens is 196 g/mol. The van der Waals surface area contributed by atoms with Crippen molar-refractivity contribution in [3.8, 4) is 0 Å². The van der Waals surface area contributed by atoms with Crippen molar-refractivity contribution in [2.45, 2.75) is 51.9 Å². The van der Waals surface area contributed by atoms with Gasteiger partial charge in [0.05, 0.1) is 0 Å². The first-order valence-corrected chi connectivity index (χ1v) is 6.59. The highest BCUT2D eigenvalue weighted by Gasteiger charge is 2.31. The predicted octanol–water partition coefficient (Wildman–Crippen LogP) is 3.80. The summed E-state index contributed by atoms with van der Waals surface area (Å²) in [6.07, 6.45) is 10.4. The van der Waals surface area contributed by atoms with Crippen LogP contribution in [0.1, 0.15) is 57.7 Å². The van der Waals surface area contributed by atoms with Gasteiger partial charge in [-0.2, -0.15) is 0 Å². The van der Waals surface area contributed by atoms with Crippen LogP contribution in [0, 0.1) is 11.8 Å². The van der Waals surface area contributed by atoms with Crippen molar-refractivity contribution in [3.05, 3.63) is 24.3 Å². The third-order valence-electron chi connectivity index (χ3n) is 4.11. The molecule has 1 saturated carbocycles. The van der Waals surface area contributed by atoms with E-state index in [9.17, 15) is 0 Å². The van der Waals surface area contributed by atoms with Crippen LogP contribution in [0.3, 0.4) is 0 Å². The van der Waals surface area contributed by atoms with Crippen LogP contribution in [0.2, 0.25) is 0 Å². The first kappa shape index (κ1) is 11.6. The molecule has 1 fully saturated rings. The topological polar surface area (TPSA) is 25.8 Å². The van der Waals surface area contributed by atoms with Crippen LogP contribution in [0.4, 0.5) is 0 Å². The van der Waals surface area contributed by atoms with Gasteiger partial charge in [-0.15, -0.1) is 0 Å². The lowest BCUT2D eigenvalue weighted by Crippen LogP contribution is -2.25. The highest BCUT2D eigenvalue weighted by atomic mass is 14.9. The number of nitrogens with zero attached hydrogens (tertiary/aromatic N) is 2. The molecule has 2 heteroatoms. The molecule has 3 atom stereocenters. The summed E-state index contributed by atoms with van der Waals surface area (Å²) in [6, 6.07) is 1.91. The van der Waals surface area contributed by atoms with E-state index in [2.05, 4.69) is 23.8 Å². The molecule has 1 aromatic rings. The number of rotatable bonds is 3. The summed E-state index contributed by atoms with van der Waals surface area (Å²) in [4.78, 5) is 8.92. The molecule has 1 aromatic heterocycles. The third-order valence-corrected chi connectivity index (χ3v) is 4.11. The Morgan fingerprint density at radius 2 is 1.94 bits per heavy atom. The molecule has 1 aliphatic rings. The third kappa shape index (κ3) is 2.42. The van der Waals surface area contributed by atoms with E-state index in [-0.39, 0.29) is 0 Å². The van der Waals surface area contributed by atoms with Crippen molar-refractivity contribution in [2.75, 3.05) is 0 Å². The Kier molecular flexibility index (Phi) is 3.92. The van der Waals surface area contributed by atoms with Crippen molar-refractivity contribution >= 4 is 0 Å². The molecule has 0 aliphatic heterocycles. The normalized spacial score (nSPS) is 27.6. The molecular formula is C14H22N2. The lowest BCUT2D eigenvalue weighted by atomic mass is 9.72. The van der Waals surface area contributed by atoms with E-state index in [1.807, 2.05) is 18.5 Å². The number of aromatic nitrogens is 2. The molecule has 3 unspecified atom stereocenters. The number of hydrogen-bond donors (Lipinski definition) is 0. The quantitative estimate of drug-likeness (QED) is 0.771. The molecule has 1 heterocycles. The average molecular weight is 218 g/mol. The van der Waals surface area contributed by atoms with Crippen LogP contribution in [-0.2, 0) is 0 Å². The molecule has 1 aliphatic carbocycles. The van der Waals surface area contributed by atoms with Gasteiger partial charge in [-0.3, -0.25) is 0 Å². The maximum atomic E-state index is 4.46. The molecule has 0 aromatic carbocycles. The molecule has 0 bridgehead atoms. The van der Waals surface area contributed by atoms with E-state index in [0.29, 0.717) is 5.92 Å². The van der Waals surface area contributed by atoms with Gasteiger partial charge in [0.1, 0.15) is 5.82 Å². The summed E-state index contributed by atoms with van der Waals surface area (Å²) >= 11 is 0. The molecule has 2 rings (SSSR count). The van der Waals surface area contributed by atoms with Gasteiger partial charge in [0.25, 0.3) is 0 Å². The summed E-state index contributed by atoms with van der Waals surface area (Å²) in [7, 11) is 0. The first-order chi connectivity index (χ1) is 7.83. The van der Waals surface area contributed by atoms with Gasteiger partial charge >= 0.3 is 0 Å². The van der Waals surface area contributed by atoms with E-state index < -0.39 is 0 Å². The lowest BCUT2D eigenvalue weighted by molar-refractivity contribution is 0.214. The molecule has 88 valence electrons. The second-order valence-electron chi connectivity index (χ2n) is 5.05. The average Bonchev–Trinajstić information content (AvgIpc) is 2.39. The van der Waals surface area contributed by atoms with Crippen LogP contribution < -0.4 is 0 Å². The highest BCUT2D eigenvalue weighted by molar-refractivity contribution is 5.02. The zero-order valence-corrected chi connectivity index (χ0v) is 10.4. The maximum absolute atomic E-state index is 4.46. The zero-order chi connectivity index (χ0) is 11.4. The van der Waals surface area contributed by atoms with Gasteiger partial charge in [0.15, 0.2) is 0 Å². The SMILES string of the molecule is CCC(C)C1CCCCC1c1ncccn1. The van der Waals surface area contributed by atoms with E-state index in [4.69, 9.17) is 0 Å².